The first-order valence-electron chi connectivity index (χ1n) is 4.76. The average molecular weight is 217 g/mol. The van der Waals surface area contributed by atoms with Crippen LogP contribution in [0.3, 0.4) is 0 Å². The number of methoxy groups -OCH3 is 1. The van der Waals surface area contributed by atoms with Crippen LogP contribution in [0.25, 0.3) is 10.4 Å². The van der Waals surface area contributed by atoms with E-state index in [-0.39, 0.29) is 0 Å². The number of aliphatic hydroxyl groups is 2. The zero-order chi connectivity index (χ0) is 11.3. The molecule has 0 aromatic heterocycles. The first-order valence-corrected chi connectivity index (χ1v) is 4.76. The maximum Gasteiger partial charge on any atom is 0.186 e. The highest BCUT2D eigenvalue weighted by Gasteiger charge is 2.42. The Balaban J connectivity index is 2.33. The molecule has 15 heavy (non-hydrogen) atoms. The lowest BCUT2D eigenvalue weighted by atomic mass is 10.1. The second-order valence-electron chi connectivity index (χ2n) is 3.36. The third kappa shape index (κ3) is 3.05. The Morgan fingerprint density at radius 1 is 1.47 bits per heavy atom. The predicted octanol–water partition coefficient (Wildman–Crippen LogP) is 0.170. The smallest absolute Gasteiger partial charge is 0.186 e. The summed E-state index contributed by atoms with van der Waals surface area (Å²) in [5, 5.41) is 22.4. The van der Waals surface area contributed by atoms with E-state index < -0.39 is 24.6 Å². The minimum Gasteiger partial charge on any atom is -0.387 e. The van der Waals surface area contributed by atoms with Gasteiger partial charge in [0.1, 0.15) is 12.2 Å². The molecular weight excluding hydrogens is 202 g/mol. The molecule has 1 fully saturated rings. The molecule has 0 aliphatic carbocycles. The lowest BCUT2D eigenvalue weighted by Crippen LogP contribution is -2.33. The summed E-state index contributed by atoms with van der Waals surface area (Å²) in [6.07, 6.45) is -2.06. The van der Waals surface area contributed by atoms with E-state index in [1.807, 2.05) is 0 Å². The molecule has 0 amide bonds. The van der Waals surface area contributed by atoms with Crippen molar-refractivity contribution < 1.29 is 19.7 Å². The van der Waals surface area contributed by atoms with Crippen molar-refractivity contribution in [1.82, 2.24) is 0 Å². The zero-order valence-electron chi connectivity index (χ0n) is 8.48. The number of hydrogen-bond donors (Lipinski definition) is 2. The summed E-state index contributed by atoms with van der Waals surface area (Å²) in [7, 11) is 1.41. The first kappa shape index (κ1) is 12.2. The Labute approximate surface area is 87.2 Å². The van der Waals surface area contributed by atoms with Gasteiger partial charge in [0.25, 0.3) is 0 Å². The van der Waals surface area contributed by atoms with Crippen LogP contribution in [0.5, 0.6) is 0 Å². The van der Waals surface area contributed by atoms with Gasteiger partial charge >= 0.3 is 0 Å². The molecular formula is C8H15N3O4. The number of azide groups is 1. The van der Waals surface area contributed by atoms with Gasteiger partial charge in [0.2, 0.25) is 0 Å². The van der Waals surface area contributed by atoms with Crippen molar-refractivity contribution in [3.05, 3.63) is 10.4 Å². The van der Waals surface area contributed by atoms with Crippen molar-refractivity contribution in [2.75, 3.05) is 13.7 Å². The van der Waals surface area contributed by atoms with E-state index in [2.05, 4.69) is 10.0 Å². The Morgan fingerprint density at radius 2 is 2.20 bits per heavy atom. The van der Waals surface area contributed by atoms with Crippen molar-refractivity contribution in [2.24, 2.45) is 5.11 Å². The lowest BCUT2D eigenvalue weighted by Gasteiger charge is -2.12. The molecule has 0 aromatic carbocycles. The van der Waals surface area contributed by atoms with Gasteiger partial charge in [0.15, 0.2) is 6.29 Å². The van der Waals surface area contributed by atoms with Gasteiger partial charge in [-0.05, 0) is 18.4 Å². The van der Waals surface area contributed by atoms with Crippen LogP contribution in [0.15, 0.2) is 5.11 Å². The highest BCUT2D eigenvalue weighted by atomic mass is 16.7. The molecule has 0 aromatic rings. The molecule has 1 saturated heterocycles. The molecule has 0 saturated carbocycles. The van der Waals surface area contributed by atoms with E-state index in [4.69, 9.17) is 15.0 Å². The first-order chi connectivity index (χ1) is 7.20. The Hall–Kier alpha value is -0.850. The molecule has 86 valence electrons. The number of nitrogens with zero attached hydrogens (tertiary/aromatic N) is 3. The minimum atomic E-state index is -1.01. The van der Waals surface area contributed by atoms with Crippen molar-refractivity contribution in [2.45, 2.75) is 37.4 Å². The molecule has 2 N–H and O–H groups in total. The van der Waals surface area contributed by atoms with Gasteiger partial charge < -0.3 is 19.7 Å². The molecule has 7 heteroatoms. The largest absolute Gasteiger partial charge is 0.387 e. The van der Waals surface area contributed by atoms with E-state index >= 15 is 0 Å². The summed E-state index contributed by atoms with van der Waals surface area (Å²) < 4.78 is 10.1. The van der Waals surface area contributed by atoms with Crippen LogP contribution in [-0.4, -0.2) is 48.5 Å². The summed E-state index contributed by atoms with van der Waals surface area (Å²) in [5.74, 6) is 0. The van der Waals surface area contributed by atoms with Gasteiger partial charge in [-0.1, -0.05) is 5.11 Å². The predicted molar refractivity (Wildman–Crippen MR) is 50.9 cm³/mol. The molecule has 1 aliphatic rings. The van der Waals surface area contributed by atoms with Crippen LogP contribution < -0.4 is 0 Å². The Bertz CT molecular complexity index is 244. The van der Waals surface area contributed by atoms with Gasteiger partial charge in [-0.15, -0.1) is 0 Å². The molecule has 1 unspecified atom stereocenters. The number of hydrogen-bond acceptors (Lipinski definition) is 5. The van der Waals surface area contributed by atoms with Crippen molar-refractivity contribution in [3.8, 4) is 0 Å². The van der Waals surface area contributed by atoms with Crippen LogP contribution in [-0.2, 0) is 9.47 Å². The van der Waals surface area contributed by atoms with Gasteiger partial charge in [0.05, 0.1) is 6.10 Å². The molecule has 4 atom stereocenters. The third-order valence-electron chi connectivity index (χ3n) is 2.36. The van der Waals surface area contributed by atoms with Crippen molar-refractivity contribution in [3.63, 3.8) is 0 Å². The van der Waals surface area contributed by atoms with Crippen LogP contribution >= 0.6 is 0 Å². The molecule has 1 rings (SSSR count). The normalized spacial score (nSPS) is 35.1. The molecule has 7 nitrogen and oxygen atoms in total. The van der Waals surface area contributed by atoms with Crippen molar-refractivity contribution >= 4 is 0 Å². The number of rotatable bonds is 5. The maximum atomic E-state index is 9.56. The van der Waals surface area contributed by atoms with E-state index in [0.29, 0.717) is 19.4 Å². The van der Waals surface area contributed by atoms with Crippen LogP contribution in [0.1, 0.15) is 12.8 Å². The standard InChI is InChI=1S/C8H15N3O4/c1-14-8-7(13)6(12)5(15-8)3-2-4-10-11-9/h5-8,12-13H,2-4H2,1H3/t5-,6-,7-,8?/m1/s1. The lowest BCUT2D eigenvalue weighted by molar-refractivity contribution is -0.149. The minimum absolute atomic E-state index is 0.358. The molecule has 1 heterocycles. The fourth-order valence-corrected chi connectivity index (χ4v) is 1.56. The van der Waals surface area contributed by atoms with Gasteiger partial charge in [-0.2, -0.15) is 0 Å². The highest BCUT2D eigenvalue weighted by Crippen LogP contribution is 2.24. The number of aliphatic hydroxyl groups excluding tert-OH is 2. The summed E-state index contributed by atoms with van der Waals surface area (Å²) in [5.41, 5.74) is 8.05. The van der Waals surface area contributed by atoms with Crippen LogP contribution in [0, 0.1) is 0 Å². The summed E-state index contributed by atoms with van der Waals surface area (Å²) in [6.45, 7) is 0.358. The monoisotopic (exact) mass is 217 g/mol. The van der Waals surface area contributed by atoms with E-state index in [1.165, 1.54) is 7.11 Å². The molecule has 0 bridgehead atoms. The highest BCUT2D eigenvalue weighted by molar-refractivity contribution is 4.86. The SMILES string of the molecule is COC1O[C@H](CCCN=[N+]=[N-])[C@@H](O)[C@H]1O. The zero-order valence-corrected chi connectivity index (χ0v) is 8.48. The summed E-state index contributed by atoms with van der Waals surface area (Å²) in [6, 6.07) is 0. The number of ether oxygens (including phenoxy) is 2. The molecule has 0 spiro atoms. The molecule has 0 radical (unpaired) electrons. The Morgan fingerprint density at radius 3 is 2.73 bits per heavy atom. The topological polar surface area (TPSA) is 108 Å². The Kier molecular flexibility index (Phi) is 4.80. The van der Waals surface area contributed by atoms with E-state index in [1.54, 1.807) is 0 Å². The van der Waals surface area contributed by atoms with E-state index in [9.17, 15) is 10.2 Å². The summed E-state index contributed by atoms with van der Waals surface area (Å²) in [4.78, 5) is 2.61. The van der Waals surface area contributed by atoms with Crippen LogP contribution in [0.2, 0.25) is 0 Å². The second kappa shape index (κ2) is 5.89. The third-order valence-corrected chi connectivity index (χ3v) is 2.36. The van der Waals surface area contributed by atoms with Gasteiger partial charge in [-0.25, -0.2) is 0 Å². The fourth-order valence-electron chi connectivity index (χ4n) is 1.56. The van der Waals surface area contributed by atoms with Crippen molar-refractivity contribution in [1.29, 1.82) is 0 Å². The maximum absolute atomic E-state index is 9.56. The fraction of sp³-hybridized carbons (Fsp3) is 1.00. The van der Waals surface area contributed by atoms with Crippen LogP contribution in [0.4, 0.5) is 0 Å². The average Bonchev–Trinajstić information content (AvgIpc) is 2.52. The van der Waals surface area contributed by atoms with E-state index in [0.717, 1.165) is 0 Å². The van der Waals surface area contributed by atoms with Gasteiger partial charge in [-0.3, -0.25) is 0 Å². The molecule has 1 aliphatic heterocycles. The second-order valence-corrected chi connectivity index (χ2v) is 3.36. The van der Waals surface area contributed by atoms with Gasteiger partial charge in [0, 0.05) is 18.6 Å². The quantitative estimate of drug-likeness (QED) is 0.296. The summed E-state index contributed by atoms with van der Waals surface area (Å²) >= 11 is 0.